The molecule has 2 rings (SSSR count). The van der Waals surface area contributed by atoms with Gasteiger partial charge in [0.2, 0.25) is 5.89 Å². The van der Waals surface area contributed by atoms with Crippen molar-refractivity contribution in [3.05, 3.63) is 40.5 Å². The van der Waals surface area contributed by atoms with E-state index < -0.39 is 5.82 Å². The van der Waals surface area contributed by atoms with Crippen molar-refractivity contribution >= 4 is 11.6 Å². The molecule has 0 fully saturated rings. The maximum Gasteiger partial charge on any atom is 0.230 e. The highest BCUT2D eigenvalue weighted by molar-refractivity contribution is 6.33. The lowest BCUT2D eigenvalue weighted by Crippen LogP contribution is -2.03. The molecule has 2 N–H and O–H groups in total. The Labute approximate surface area is 103 Å². The van der Waals surface area contributed by atoms with Gasteiger partial charge < -0.3 is 10.2 Å². The molecule has 5 heteroatoms. The van der Waals surface area contributed by atoms with Gasteiger partial charge in [-0.3, -0.25) is 0 Å². The zero-order valence-electron chi connectivity index (χ0n) is 9.34. The number of aromatic nitrogens is 1. The Bertz CT molecular complexity index is 519. The molecule has 0 saturated carbocycles. The minimum absolute atomic E-state index is 0.195. The van der Waals surface area contributed by atoms with Crippen LogP contribution in [-0.2, 0) is 6.42 Å². The van der Waals surface area contributed by atoms with E-state index in [9.17, 15) is 4.39 Å². The van der Waals surface area contributed by atoms with E-state index in [2.05, 4.69) is 4.98 Å². The van der Waals surface area contributed by atoms with E-state index in [4.69, 9.17) is 21.8 Å². The van der Waals surface area contributed by atoms with Gasteiger partial charge in [0.25, 0.3) is 0 Å². The maximum atomic E-state index is 13.7. The summed E-state index contributed by atoms with van der Waals surface area (Å²) >= 11 is 5.94. The number of rotatable bonds is 3. The molecule has 0 unspecified atom stereocenters. The summed E-state index contributed by atoms with van der Waals surface area (Å²) in [6.07, 6.45) is 0.599. The molecular weight excluding hydrogens is 243 g/mol. The van der Waals surface area contributed by atoms with Crippen molar-refractivity contribution < 1.29 is 8.81 Å². The van der Waals surface area contributed by atoms with E-state index in [1.165, 1.54) is 12.1 Å². The van der Waals surface area contributed by atoms with Crippen LogP contribution in [0.5, 0.6) is 0 Å². The van der Waals surface area contributed by atoms with Crippen molar-refractivity contribution in [1.29, 1.82) is 0 Å². The first-order valence-corrected chi connectivity index (χ1v) is 5.62. The number of aryl methyl sites for hydroxylation is 1. The van der Waals surface area contributed by atoms with Gasteiger partial charge in [0.05, 0.1) is 16.3 Å². The Kier molecular flexibility index (Phi) is 3.45. The highest BCUT2D eigenvalue weighted by Gasteiger charge is 2.17. The topological polar surface area (TPSA) is 52.0 Å². The third-order valence-electron chi connectivity index (χ3n) is 2.45. The average molecular weight is 255 g/mol. The highest BCUT2D eigenvalue weighted by Crippen LogP contribution is 2.31. The van der Waals surface area contributed by atoms with Crippen LogP contribution in [0.4, 0.5) is 4.39 Å². The quantitative estimate of drug-likeness (QED) is 0.916. The van der Waals surface area contributed by atoms with Gasteiger partial charge in [-0.15, -0.1) is 0 Å². The second-order valence-corrected chi connectivity index (χ2v) is 4.06. The fourth-order valence-corrected chi connectivity index (χ4v) is 1.85. The third-order valence-corrected chi connectivity index (χ3v) is 2.77. The lowest BCUT2D eigenvalue weighted by molar-refractivity contribution is 0.532. The number of hydrogen-bond acceptors (Lipinski definition) is 3. The van der Waals surface area contributed by atoms with Gasteiger partial charge in [-0.25, -0.2) is 9.37 Å². The zero-order chi connectivity index (χ0) is 12.4. The fourth-order valence-electron chi connectivity index (χ4n) is 1.61. The van der Waals surface area contributed by atoms with Crippen LogP contribution in [0.1, 0.15) is 11.5 Å². The second-order valence-electron chi connectivity index (χ2n) is 3.66. The van der Waals surface area contributed by atoms with E-state index in [1.807, 2.05) is 0 Å². The van der Waals surface area contributed by atoms with E-state index in [-0.39, 0.29) is 16.5 Å². The summed E-state index contributed by atoms with van der Waals surface area (Å²) in [5, 5.41) is 0.283. The van der Waals surface area contributed by atoms with Gasteiger partial charge in [-0.1, -0.05) is 17.7 Å². The number of halogens is 2. The SMILES string of the molecule is Cc1oc(-c2c(F)cccc2Cl)nc1CCN. The van der Waals surface area contributed by atoms with Crippen LogP contribution in [-0.4, -0.2) is 11.5 Å². The van der Waals surface area contributed by atoms with Crippen LogP contribution in [0.3, 0.4) is 0 Å². The Morgan fingerprint density at radius 1 is 1.47 bits per heavy atom. The van der Waals surface area contributed by atoms with Crippen LogP contribution in [0.15, 0.2) is 22.6 Å². The maximum absolute atomic E-state index is 13.7. The van der Waals surface area contributed by atoms with Crippen molar-refractivity contribution in [1.82, 2.24) is 4.98 Å². The molecule has 0 aliphatic carbocycles. The smallest absolute Gasteiger partial charge is 0.230 e. The molecule has 0 bridgehead atoms. The van der Waals surface area contributed by atoms with Crippen LogP contribution in [0, 0.1) is 12.7 Å². The standard InChI is InChI=1S/C12H12ClFN2O/c1-7-10(5-6-15)16-12(17-7)11-8(13)3-2-4-9(11)14/h2-4H,5-6,15H2,1H3. The van der Waals surface area contributed by atoms with Crippen molar-refractivity contribution in [3.63, 3.8) is 0 Å². The van der Waals surface area contributed by atoms with Crippen molar-refractivity contribution in [3.8, 4) is 11.5 Å². The highest BCUT2D eigenvalue weighted by atomic mass is 35.5. The van der Waals surface area contributed by atoms with E-state index in [0.717, 1.165) is 5.69 Å². The average Bonchev–Trinajstić information content (AvgIpc) is 2.60. The predicted molar refractivity (Wildman–Crippen MR) is 64.4 cm³/mol. The zero-order valence-corrected chi connectivity index (χ0v) is 10.1. The van der Waals surface area contributed by atoms with E-state index in [1.54, 1.807) is 13.0 Å². The number of nitrogens with zero attached hydrogens (tertiary/aromatic N) is 1. The summed E-state index contributed by atoms with van der Waals surface area (Å²) in [5.41, 5.74) is 6.39. The van der Waals surface area contributed by atoms with Crippen molar-refractivity contribution in [2.45, 2.75) is 13.3 Å². The van der Waals surface area contributed by atoms with Crippen LogP contribution in [0.2, 0.25) is 5.02 Å². The van der Waals surface area contributed by atoms with Crippen molar-refractivity contribution in [2.24, 2.45) is 5.73 Å². The first-order valence-electron chi connectivity index (χ1n) is 5.24. The molecule has 1 aromatic carbocycles. The minimum Gasteiger partial charge on any atom is -0.441 e. The minimum atomic E-state index is -0.446. The number of hydrogen-bond donors (Lipinski definition) is 1. The van der Waals surface area contributed by atoms with Gasteiger partial charge in [-0.05, 0) is 25.6 Å². The molecule has 0 amide bonds. The normalized spacial score (nSPS) is 10.8. The summed E-state index contributed by atoms with van der Waals surface area (Å²) in [6.45, 7) is 2.24. The lowest BCUT2D eigenvalue weighted by atomic mass is 10.2. The van der Waals surface area contributed by atoms with Crippen LogP contribution in [0.25, 0.3) is 11.5 Å². The molecule has 0 saturated heterocycles. The third kappa shape index (κ3) is 2.33. The van der Waals surface area contributed by atoms with E-state index in [0.29, 0.717) is 18.7 Å². The van der Waals surface area contributed by atoms with Crippen LogP contribution >= 0.6 is 11.6 Å². The number of nitrogens with two attached hydrogens (primary N) is 1. The monoisotopic (exact) mass is 254 g/mol. The van der Waals surface area contributed by atoms with E-state index >= 15 is 0 Å². The predicted octanol–water partition coefficient (Wildman–Crippen LogP) is 2.94. The van der Waals surface area contributed by atoms with Gasteiger partial charge in [0.1, 0.15) is 11.6 Å². The number of benzene rings is 1. The number of oxazole rings is 1. The van der Waals surface area contributed by atoms with Crippen molar-refractivity contribution in [2.75, 3.05) is 6.54 Å². The van der Waals surface area contributed by atoms with Gasteiger partial charge in [0, 0.05) is 6.42 Å². The molecule has 0 spiro atoms. The summed E-state index contributed by atoms with van der Waals surface area (Å²) < 4.78 is 19.1. The molecule has 0 aliphatic heterocycles. The van der Waals surface area contributed by atoms with Gasteiger partial charge >= 0.3 is 0 Å². The molecular formula is C12H12ClFN2O. The van der Waals surface area contributed by atoms with Gasteiger partial charge in [0.15, 0.2) is 0 Å². The largest absolute Gasteiger partial charge is 0.441 e. The summed E-state index contributed by atoms with van der Waals surface area (Å²) in [6, 6.07) is 4.46. The Balaban J connectivity index is 2.50. The Hall–Kier alpha value is -1.39. The molecule has 90 valence electrons. The molecule has 1 heterocycles. The molecule has 1 aromatic heterocycles. The van der Waals surface area contributed by atoms with Crippen LogP contribution < -0.4 is 5.73 Å². The molecule has 17 heavy (non-hydrogen) atoms. The lowest BCUT2D eigenvalue weighted by Gasteiger charge is -2.00. The first kappa shape index (κ1) is 12.1. The van der Waals surface area contributed by atoms with Gasteiger partial charge in [-0.2, -0.15) is 0 Å². The summed E-state index contributed by atoms with van der Waals surface area (Å²) in [7, 11) is 0. The summed E-state index contributed by atoms with van der Waals surface area (Å²) in [4.78, 5) is 4.22. The Morgan fingerprint density at radius 2 is 2.24 bits per heavy atom. The molecule has 0 radical (unpaired) electrons. The molecule has 3 nitrogen and oxygen atoms in total. The summed E-state index contributed by atoms with van der Waals surface area (Å²) in [5.74, 6) is 0.400. The molecule has 0 atom stereocenters. The Morgan fingerprint density at radius 3 is 2.88 bits per heavy atom. The molecule has 0 aliphatic rings. The molecule has 2 aromatic rings. The fraction of sp³-hybridized carbons (Fsp3) is 0.250. The second kappa shape index (κ2) is 4.85. The first-order chi connectivity index (χ1) is 8.13.